The minimum atomic E-state index is -1.12. The van der Waals surface area contributed by atoms with Crippen LogP contribution in [-0.4, -0.2) is 77.6 Å². The molecule has 1 aromatic carbocycles. The molecule has 2 aliphatic rings. The lowest BCUT2D eigenvalue weighted by Crippen LogP contribution is -2.53. The molecule has 6 heterocycles. The van der Waals surface area contributed by atoms with Gasteiger partial charge >= 0.3 is 0 Å². The number of aryl methyl sites for hydroxylation is 1. The van der Waals surface area contributed by atoms with Gasteiger partial charge in [0.1, 0.15) is 12.0 Å². The fourth-order valence-corrected chi connectivity index (χ4v) is 7.88. The number of hydrogen-bond donors (Lipinski definition) is 1. The van der Waals surface area contributed by atoms with Crippen molar-refractivity contribution in [2.24, 2.45) is 13.0 Å². The molecule has 7 rings (SSSR count). The molecule has 0 spiro atoms. The number of amides is 2. The number of likely N-dealkylation sites (tertiary alicyclic amines) is 2. The maximum absolute atomic E-state index is 14.1. The number of aromatic nitrogens is 4. The van der Waals surface area contributed by atoms with Crippen LogP contribution < -0.4 is 5.56 Å². The summed E-state index contributed by atoms with van der Waals surface area (Å²) in [6.07, 6.45) is 8.08. The number of fused-ring (bicyclic) bond motifs is 1. The van der Waals surface area contributed by atoms with Gasteiger partial charge in [0.25, 0.3) is 11.5 Å². The summed E-state index contributed by atoms with van der Waals surface area (Å²) in [4.78, 5) is 54.8. The van der Waals surface area contributed by atoms with Crippen molar-refractivity contribution in [1.82, 2.24) is 28.9 Å². The number of pyridine rings is 1. The molecule has 0 bridgehead atoms. The van der Waals surface area contributed by atoms with Crippen LogP contribution in [0.15, 0.2) is 90.4 Å². The zero-order valence-electron chi connectivity index (χ0n) is 25.7. The third-order valence-electron chi connectivity index (χ3n) is 9.55. The Labute approximate surface area is 270 Å². The lowest BCUT2D eigenvalue weighted by Gasteiger charge is -2.43. The molecule has 5 aromatic rings. The smallest absolute Gasteiger partial charge is 0.263 e. The van der Waals surface area contributed by atoms with Gasteiger partial charge in [0.05, 0.1) is 22.4 Å². The highest BCUT2D eigenvalue weighted by Gasteiger charge is 2.42. The SMILES string of the molecule is Cn1ccc2c(=O)n(CC3(O)CCN(C(=O)[C@@H]4CCN(C(=O)c5ccc(-c6ccncc6)s5)C[C@H]4c4ccccc4)CC3)cnc21. The molecule has 0 unspecified atom stereocenters. The van der Waals surface area contributed by atoms with Gasteiger partial charge in [0.15, 0.2) is 0 Å². The van der Waals surface area contributed by atoms with E-state index in [1.807, 2.05) is 71.4 Å². The van der Waals surface area contributed by atoms with E-state index in [2.05, 4.69) is 9.97 Å². The van der Waals surface area contributed by atoms with Gasteiger partial charge in [-0.15, -0.1) is 11.3 Å². The predicted molar refractivity (Wildman–Crippen MR) is 176 cm³/mol. The number of thiophene rings is 1. The van der Waals surface area contributed by atoms with Crippen molar-refractivity contribution < 1.29 is 14.7 Å². The number of carbonyl (C=O) groups is 2. The topological polar surface area (TPSA) is 114 Å². The number of nitrogens with zero attached hydrogens (tertiary/aromatic N) is 6. The Morgan fingerprint density at radius 1 is 0.978 bits per heavy atom. The molecule has 10 nitrogen and oxygen atoms in total. The van der Waals surface area contributed by atoms with E-state index >= 15 is 0 Å². The second-order valence-electron chi connectivity index (χ2n) is 12.5. The molecule has 2 fully saturated rings. The first kappa shape index (κ1) is 30.1. The molecule has 11 heteroatoms. The van der Waals surface area contributed by atoms with Crippen molar-refractivity contribution >= 4 is 34.2 Å². The molecule has 2 atom stereocenters. The molecule has 2 saturated heterocycles. The van der Waals surface area contributed by atoms with Crippen molar-refractivity contribution in [2.45, 2.75) is 37.3 Å². The first-order valence-electron chi connectivity index (χ1n) is 15.7. The Balaban J connectivity index is 1.04. The number of carbonyl (C=O) groups excluding carboxylic acids is 2. The zero-order chi connectivity index (χ0) is 31.8. The number of aliphatic hydroxyl groups is 1. The largest absolute Gasteiger partial charge is 0.388 e. The molecule has 1 N–H and O–H groups in total. The normalized spacial score (nSPS) is 19.8. The Kier molecular flexibility index (Phi) is 8.04. The van der Waals surface area contributed by atoms with Crippen LogP contribution >= 0.6 is 11.3 Å². The van der Waals surface area contributed by atoms with E-state index in [4.69, 9.17) is 0 Å². The van der Waals surface area contributed by atoms with E-state index in [9.17, 15) is 19.5 Å². The molecule has 2 amide bonds. The predicted octanol–water partition coefficient (Wildman–Crippen LogP) is 4.16. The number of hydrogen-bond acceptors (Lipinski definition) is 7. The summed E-state index contributed by atoms with van der Waals surface area (Å²) in [5.41, 5.74) is 1.38. The molecular formula is C35H36N6O4S. The number of benzene rings is 1. The summed E-state index contributed by atoms with van der Waals surface area (Å²) in [5, 5.41) is 12.0. The second kappa shape index (κ2) is 12.3. The van der Waals surface area contributed by atoms with Crippen LogP contribution in [0, 0.1) is 5.92 Å². The third kappa shape index (κ3) is 5.76. The molecule has 236 valence electrons. The lowest BCUT2D eigenvalue weighted by atomic mass is 9.79. The van der Waals surface area contributed by atoms with E-state index in [0.29, 0.717) is 61.4 Å². The minimum Gasteiger partial charge on any atom is -0.388 e. The van der Waals surface area contributed by atoms with Gasteiger partial charge in [-0.3, -0.25) is 23.9 Å². The average molecular weight is 637 g/mol. The van der Waals surface area contributed by atoms with Crippen LogP contribution in [0.3, 0.4) is 0 Å². The van der Waals surface area contributed by atoms with Crippen molar-refractivity contribution in [3.63, 3.8) is 0 Å². The fourth-order valence-electron chi connectivity index (χ4n) is 6.90. The van der Waals surface area contributed by atoms with E-state index in [0.717, 1.165) is 16.0 Å². The summed E-state index contributed by atoms with van der Waals surface area (Å²) in [6, 6.07) is 19.5. The average Bonchev–Trinajstić information content (AvgIpc) is 3.74. The zero-order valence-corrected chi connectivity index (χ0v) is 26.5. The number of piperidine rings is 2. The van der Waals surface area contributed by atoms with Gasteiger partial charge in [-0.05, 0) is 60.7 Å². The molecule has 0 radical (unpaired) electrons. The van der Waals surface area contributed by atoms with Crippen molar-refractivity contribution in [1.29, 1.82) is 0 Å². The Bertz CT molecular complexity index is 1930. The van der Waals surface area contributed by atoms with Gasteiger partial charge < -0.3 is 19.5 Å². The summed E-state index contributed by atoms with van der Waals surface area (Å²) in [5.74, 6) is -0.378. The molecule has 46 heavy (non-hydrogen) atoms. The third-order valence-corrected chi connectivity index (χ3v) is 10.7. The van der Waals surface area contributed by atoms with Crippen LogP contribution in [0.25, 0.3) is 21.5 Å². The molecule has 0 aliphatic carbocycles. The van der Waals surface area contributed by atoms with Gasteiger partial charge in [0, 0.05) is 68.5 Å². The van der Waals surface area contributed by atoms with Crippen LogP contribution in [0.5, 0.6) is 0 Å². The van der Waals surface area contributed by atoms with Gasteiger partial charge in [-0.2, -0.15) is 0 Å². The van der Waals surface area contributed by atoms with E-state index in [-0.39, 0.29) is 35.8 Å². The second-order valence-corrected chi connectivity index (χ2v) is 13.5. The van der Waals surface area contributed by atoms with Crippen LogP contribution in [0.4, 0.5) is 0 Å². The van der Waals surface area contributed by atoms with Crippen molar-refractivity contribution in [3.05, 3.63) is 106 Å². The maximum atomic E-state index is 14.1. The minimum absolute atomic E-state index is 0.0152. The van der Waals surface area contributed by atoms with E-state index in [1.165, 1.54) is 22.2 Å². The highest BCUT2D eigenvalue weighted by Crippen LogP contribution is 2.37. The van der Waals surface area contributed by atoms with E-state index < -0.39 is 5.60 Å². The summed E-state index contributed by atoms with van der Waals surface area (Å²) in [6.45, 7) is 1.88. The monoisotopic (exact) mass is 636 g/mol. The summed E-state index contributed by atoms with van der Waals surface area (Å²) in [7, 11) is 1.84. The van der Waals surface area contributed by atoms with E-state index in [1.54, 1.807) is 29.2 Å². The fraction of sp³-hybridized carbons (Fsp3) is 0.343. The number of rotatable bonds is 6. The first-order valence-corrected chi connectivity index (χ1v) is 16.5. The standard InChI is InChI=1S/C35H36N6O4S/c1-38-17-11-27-31(38)37-23-41(33(27)43)22-35(45)13-19-39(20-14-35)32(42)26-12-18-40(21-28(26)24-5-3-2-4-6-24)34(44)30-8-7-29(46-30)25-9-15-36-16-10-25/h2-11,15-17,23,26,28,45H,12-14,18-22H2,1H3/t26-,28+/m1/s1. The van der Waals surface area contributed by atoms with Crippen molar-refractivity contribution in [3.8, 4) is 10.4 Å². The molecule has 4 aromatic heterocycles. The van der Waals surface area contributed by atoms with Gasteiger partial charge in [-0.1, -0.05) is 30.3 Å². The molecule has 2 aliphatic heterocycles. The highest BCUT2D eigenvalue weighted by molar-refractivity contribution is 7.17. The lowest BCUT2D eigenvalue weighted by molar-refractivity contribution is -0.142. The quantitative estimate of drug-likeness (QED) is 0.300. The molecular weight excluding hydrogens is 600 g/mol. The first-order chi connectivity index (χ1) is 22.3. The van der Waals surface area contributed by atoms with Crippen LogP contribution in [0.2, 0.25) is 0 Å². The Morgan fingerprint density at radius 3 is 2.50 bits per heavy atom. The molecule has 0 saturated carbocycles. The maximum Gasteiger partial charge on any atom is 0.263 e. The highest BCUT2D eigenvalue weighted by atomic mass is 32.1. The van der Waals surface area contributed by atoms with Crippen LogP contribution in [0.1, 0.15) is 40.4 Å². The van der Waals surface area contributed by atoms with Gasteiger partial charge in [-0.25, -0.2) is 4.98 Å². The Morgan fingerprint density at radius 2 is 1.74 bits per heavy atom. The van der Waals surface area contributed by atoms with Crippen LogP contribution in [-0.2, 0) is 18.4 Å². The van der Waals surface area contributed by atoms with Gasteiger partial charge in [0.2, 0.25) is 5.91 Å². The van der Waals surface area contributed by atoms with Crippen molar-refractivity contribution in [2.75, 3.05) is 26.2 Å². The Hall–Kier alpha value is -4.61. The summed E-state index contributed by atoms with van der Waals surface area (Å²) >= 11 is 1.47. The summed E-state index contributed by atoms with van der Waals surface area (Å²) < 4.78 is 3.27.